The van der Waals surface area contributed by atoms with Gasteiger partial charge in [0.05, 0.1) is 19.1 Å². The minimum atomic E-state index is -0.525. The molecule has 3 N–H and O–H groups in total. The highest BCUT2D eigenvalue weighted by atomic mass is 16.5. The summed E-state index contributed by atoms with van der Waals surface area (Å²) in [5.41, 5.74) is 4.89. The summed E-state index contributed by atoms with van der Waals surface area (Å²) in [6.45, 7) is 0.638. The third-order valence-electron chi connectivity index (χ3n) is 2.15. The fraction of sp³-hybridized carbons (Fsp3) is 0.778. The molecule has 0 aromatic carbocycles. The molecule has 1 fully saturated rings. The van der Waals surface area contributed by atoms with Crippen LogP contribution in [0.1, 0.15) is 25.7 Å². The quantitative estimate of drug-likeness (QED) is 0.644. The molecule has 0 radical (unpaired) electrons. The Morgan fingerprint density at radius 1 is 1.43 bits per heavy atom. The van der Waals surface area contributed by atoms with E-state index in [4.69, 9.17) is 10.5 Å². The Kier molecular flexibility index (Phi) is 4.39. The number of rotatable bonds is 4. The number of carbonyl (C=O) groups excluding carboxylic acids is 2. The summed E-state index contributed by atoms with van der Waals surface area (Å²) in [7, 11) is 0. The molecule has 1 aliphatic heterocycles. The van der Waals surface area contributed by atoms with E-state index in [2.05, 4.69) is 5.32 Å². The molecule has 2 amide bonds. The lowest BCUT2D eigenvalue weighted by molar-refractivity contribution is -0.127. The van der Waals surface area contributed by atoms with Crippen molar-refractivity contribution < 1.29 is 14.3 Å². The lowest BCUT2D eigenvalue weighted by Crippen LogP contribution is -2.36. The van der Waals surface area contributed by atoms with E-state index in [-0.39, 0.29) is 18.6 Å². The molecule has 1 atom stereocenters. The summed E-state index contributed by atoms with van der Waals surface area (Å²) in [4.78, 5) is 21.6. The highest BCUT2D eigenvalue weighted by Crippen LogP contribution is 2.15. The third kappa shape index (κ3) is 4.23. The predicted octanol–water partition coefficient (Wildman–Crippen LogP) is -0.453. The van der Waals surface area contributed by atoms with Crippen LogP contribution >= 0.6 is 0 Å². The van der Waals surface area contributed by atoms with E-state index in [1.54, 1.807) is 0 Å². The van der Waals surface area contributed by atoms with E-state index in [1.165, 1.54) is 0 Å². The minimum absolute atomic E-state index is 0.0108. The Balaban J connectivity index is 2.15. The first-order valence-electron chi connectivity index (χ1n) is 4.85. The number of hydrogen-bond donors (Lipinski definition) is 2. The fourth-order valence-electron chi connectivity index (χ4n) is 1.43. The molecule has 0 spiro atoms. The molecule has 1 saturated heterocycles. The molecular formula is C9H16N2O3. The Morgan fingerprint density at radius 2 is 2.21 bits per heavy atom. The van der Waals surface area contributed by atoms with E-state index in [1.807, 2.05) is 0 Å². The zero-order valence-electron chi connectivity index (χ0n) is 8.12. The maximum absolute atomic E-state index is 11.2. The van der Waals surface area contributed by atoms with Crippen molar-refractivity contribution in [1.29, 1.82) is 0 Å². The molecule has 5 nitrogen and oxygen atoms in total. The van der Waals surface area contributed by atoms with Gasteiger partial charge in [-0.1, -0.05) is 0 Å². The first kappa shape index (κ1) is 11.0. The molecule has 0 bridgehead atoms. The van der Waals surface area contributed by atoms with Gasteiger partial charge in [0.2, 0.25) is 11.8 Å². The molecule has 80 valence electrons. The van der Waals surface area contributed by atoms with Crippen LogP contribution in [0.25, 0.3) is 0 Å². The normalized spacial score (nSPS) is 21.6. The van der Waals surface area contributed by atoms with Crippen molar-refractivity contribution in [1.82, 2.24) is 5.32 Å². The van der Waals surface area contributed by atoms with Crippen LogP contribution < -0.4 is 11.1 Å². The molecule has 0 aliphatic carbocycles. The van der Waals surface area contributed by atoms with Crippen molar-refractivity contribution in [2.45, 2.75) is 31.8 Å². The van der Waals surface area contributed by atoms with Gasteiger partial charge in [-0.15, -0.1) is 0 Å². The summed E-state index contributed by atoms with van der Waals surface area (Å²) in [5, 5.41) is 2.44. The predicted molar refractivity (Wildman–Crippen MR) is 50.4 cm³/mol. The summed E-state index contributed by atoms with van der Waals surface area (Å²) >= 11 is 0. The van der Waals surface area contributed by atoms with Crippen molar-refractivity contribution in [2.24, 2.45) is 5.73 Å². The lowest BCUT2D eigenvalue weighted by Gasteiger charge is -2.21. The van der Waals surface area contributed by atoms with Gasteiger partial charge in [0.25, 0.3) is 0 Å². The molecule has 0 aromatic rings. The zero-order chi connectivity index (χ0) is 10.4. The van der Waals surface area contributed by atoms with Crippen molar-refractivity contribution >= 4 is 11.8 Å². The van der Waals surface area contributed by atoms with Crippen molar-refractivity contribution in [2.75, 3.05) is 13.2 Å². The summed E-state index contributed by atoms with van der Waals surface area (Å²) in [6, 6.07) is 0. The highest BCUT2D eigenvalue weighted by Gasteiger charge is 2.17. The average molecular weight is 200 g/mol. The largest absolute Gasteiger partial charge is 0.378 e. The number of nitrogens with one attached hydrogen (secondary N) is 1. The smallest absolute Gasteiger partial charge is 0.236 e. The number of nitrogens with two attached hydrogens (primary N) is 1. The Bertz CT molecular complexity index is 212. The van der Waals surface area contributed by atoms with Crippen molar-refractivity contribution in [3.8, 4) is 0 Å². The van der Waals surface area contributed by atoms with Crippen LogP contribution in [0, 0.1) is 0 Å². The topological polar surface area (TPSA) is 81.4 Å². The molecule has 1 heterocycles. The number of carbonyl (C=O) groups is 2. The average Bonchev–Trinajstić information content (AvgIpc) is 2.16. The van der Waals surface area contributed by atoms with Crippen LogP contribution in [-0.2, 0) is 14.3 Å². The van der Waals surface area contributed by atoms with Crippen molar-refractivity contribution in [3.63, 3.8) is 0 Å². The number of amides is 2. The SMILES string of the molecule is NC(=O)CNC(=O)CC1CCCCO1. The van der Waals surface area contributed by atoms with Crippen LogP contribution in [0.3, 0.4) is 0 Å². The maximum Gasteiger partial charge on any atom is 0.236 e. The summed E-state index contributed by atoms with van der Waals surface area (Å²) < 4.78 is 5.38. The maximum atomic E-state index is 11.2. The number of hydrogen-bond acceptors (Lipinski definition) is 3. The van der Waals surface area contributed by atoms with Crippen LogP contribution in [0.15, 0.2) is 0 Å². The minimum Gasteiger partial charge on any atom is -0.378 e. The fourth-order valence-corrected chi connectivity index (χ4v) is 1.43. The molecule has 1 aliphatic rings. The van der Waals surface area contributed by atoms with Crippen LogP contribution in [0.5, 0.6) is 0 Å². The van der Waals surface area contributed by atoms with Gasteiger partial charge in [0.1, 0.15) is 0 Å². The molecule has 1 rings (SSSR count). The Morgan fingerprint density at radius 3 is 2.79 bits per heavy atom. The monoisotopic (exact) mass is 200 g/mol. The van der Waals surface area contributed by atoms with E-state index >= 15 is 0 Å². The van der Waals surface area contributed by atoms with Crippen LogP contribution in [-0.4, -0.2) is 31.1 Å². The van der Waals surface area contributed by atoms with Gasteiger partial charge in [-0.25, -0.2) is 0 Å². The zero-order valence-corrected chi connectivity index (χ0v) is 8.12. The Labute approximate surface area is 83.0 Å². The van der Waals surface area contributed by atoms with E-state index < -0.39 is 5.91 Å². The van der Waals surface area contributed by atoms with E-state index in [0.717, 1.165) is 25.9 Å². The van der Waals surface area contributed by atoms with Gasteiger partial charge in [-0.3, -0.25) is 9.59 Å². The van der Waals surface area contributed by atoms with Crippen LogP contribution in [0.2, 0.25) is 0 Å². The third-order valence-corrected chi connectivity index (χ3v) is 2.15. The number of ether oxygens (including phenoxy) is 1. The standard InChI is InChI=1S/C9H16N2O3/c10-8(12)6-11-9(13)5-7-3-1-2-4-14-7/h7H,1-6H2,(H2,10,12)(H,11,13). The van der Waals surface area contributed by atoms with Gasteiger partial charge >= 0.3 is 0 Å². The van der Waals surface area contributed by atoms with Gasteiger partial charge in [-0.2, -0.15) is 0 Å². The first-order valence-corrected chi connectivity index (χ1v) is 4.85. The second kappa shape index (κ2) is 5.59. The first-order chi connectivity index (χ1) is 6.68. The van der Waals surface area contributed by atoms with E-state index in [9.17, 15) is 9.59 Å². The molecule has 0 aromatic heterocycles. The summed E-state index contributed by atoms with van der Waals surface area (Å²) in [6.07, 6.45) is 3.43. The van der Waals surface area contributed by atoms with Gasteiger partial charge < -0.3 is 15.8 Å². The second-order valence-corrected chi connectivity index (χ2v) is 3.44. The van der Waals surface area contributed by atoms with E-state index in [0.29, 0.717) is 6.42 Å². The van der Waals surface area contributed by atoms with Gasteiger partial charge in [0, 0.05) is 6.61 Å². The Hall–Kier alpha value is -1.10. The van der Waals surface area contributed by atoms with Crippen molar-refractivity contribution in [3.05, 3.63) is 0 Å². The molecule has 5 heteroatoms. The van der Waals surface area contributed by atoms with Gasteiger partial charge in [-0.05, 0) is 19.3 Å². The number of primary amides is 1. The molecule has 14 heavy (non-hydrogen) atoms. The highest BCUT2D eigenvalue weighted by molar-refractivity contribution is 5.83. The molecule has 0 saturated carbocycles. The second-order valence-electron chi connectivity index (χ2n) is 3.44. The van der Waals surface area contributed by atoms with Crippen LogP contribution in [0.4, 0.5) is 0 Å². The molecular weight excluding hydrogens is 184 g/mol. The molecule has 1 unspecified atom stereocenters. The van der Waals surface area contributed by atoms with Gasteiger partial charge in [0.15, 0.2) is 0 Å². The summed E-state index contributed by atoms with van der Waals surface area (Å²) in [5.74, 6) is -0.696. The lowest BCUT2D eigenvalue weighted by atomic mass is 10.1.